The molecule has 2 N–H and O–H groups in total. The Balaban J connectivity index is 2.15. The van der Waals surface area contributed by atoms with Crippen LogP contribution in [0.2, 0.25) is 0 Å². The lowest BCUT2D eigenvalue weighted by atomic mass is 9.93. The molecule has 2 rings (SSSR count). The zero-order valence-electron chi connectivity index (χ0n) is 10.4. The van der Waals surface area contributed by atoms with E-state index in [-0.39, 0.29) is 18.4 Å². The lowest BCUT2D eigenvalue weighted by Crippen LogP contribution is -2.47. The van der Waals surface area contributed by atoms with E-state index in [1.807, 2.05) is 24.3 Å². The molecule has 1 heterocycles. The van der Waals surface area contributed by atoms with E-state index in [2.05, 4.69) is 10.6 Å². The molecule has 0 bridgehead atoms. The largest absolute Gasteiger partial charge is 0.465 e. The molecule has 1 aliphatic heterocycles. The number of anilines is 1. The van der Waals surface area contributed by atoms with Crippen LogP contribution in [0.5, 0.6) is 0 Å². The van der Waals surface area contributed by atoms with Gasteiger partial charge in [-0.2, -0.15) is 0 Å². The third kappa shape index (κ3) is 2.09. The molecule has 0 fully saturated rings. The third-order valence-electron chi connectivity index (χ3n) is 3.06. The molecule has 0 spiro atoms. The van der Waals surface area contributed by atoms with Crippen molar-refractivity contribution in [1.29, 1.82) is 0 Å². The molecule has 0 saturated heterocycles. The van der Waals surface area contributed by atoms with Crippen LogP contribution in [-0.4, -0.2) is 25.0 Å². The molecule has 1 amide bonds. The van der Waals surface area contributed by atoms with Crippen LogP contribution >= 0.6 is 0 Å². The van der Waals surface area contributed by atoms with Crippen LogP contribution in [0.25, 0.3) is 0 Å². The number of carbonyl (C=O) groups is 2. The second-order valence-electron chi connectivity index (χ2n) is 4.28. The maximum Gasteiger partial charge on any atom is 0.319 e. The van der Waals surface area contributed by atoms with Gasteiger partial charge in [0.1, 0.15) is 5.54 Å². The highest BCUT2D eigenvalue weighted by Crippen LogP contribution is 2.35. The molecule has 1 unspecified atom stereocenters. The van der Waals surface area contributed by atoms with Gasteiger partial charge in [0, 0.05) is 11.3 Å². The summed E-state index contributed by atoms with van der Waals surface area (Å²) in [5.41, 5.74) is 0.740. The average molecular weight is 248 g/mol. The summed E-state index contributed by atoms with van der Waals surface area (Å²) in [6.07, 6.45) is 0. The van der Waals surface area contributed by atoms with E-state index in [1.54, 1.807) is 13.8 Å². The Hall–Kier alpha value is -1.88. The Morgan fingerprint density at radius 3 is 2.89 bits per heavy atom. The maximum atomic E-state index is 12.0. The van der Waals surface area contributed by atoms with E-state index in [1.165, 1.54) is 0 Å². The SMILES string of the molecule is CCOC(=O)CNC1(C)C(=O)Nc2ccccc21. The molecular formula is C13H16N2O3. The molecule has 1 aromatic carbocycles. The van der Waals surface area contributed by atoms with Gasteiger partial charge in [0.15, 0.2) is 0 Å². The van der Waals surface area contributed by atoms with Gasteiger partial charge in [-0.3, -0.25) is 14.9 Å². The first kappa shape index (κ1) is 12.6. The summed E-state index contributed by atoms with van der Waals surface area (Å²) in [5.74, 6) is -0.524. The number of carbonyl (C=O) groups excluding carboxylic acids is 2. The minimum absolute atomic E-state index is 0.00605. The first-order chi connectivity index (χ1) is 8.58. The second kappa shape index (κ2) is 4.78. The first-order valence-corrected chi connectivity index (χ1v) is 5.89. The van der Waals surface area contributed by atoms with E-state index >= 15 is 0 Å². The van der Waals surface area contributed by atoms with Crippen LogP contribution in [-0.2, 0) is 19.9 Å². The predicted molar refractivity (Wildman–Crippen MR) is 67.1 cm³/mol. The van der Waals surface area contributed by atoms with Crippen molar-refractivity contribution in [2.45, 2.75) is 19.4 Å². The normalized spacial score (nSPS) is 21.3. The number of rotatable bonds is 4. The number of hydrogen-bond acceptors (Lipinski definition) is 4. The van der Waals surface area contributed by atoms with Crippen LogP contribution in [0.3, 0.4) is 0 Å². The summed E-state index contributed by atoms with van der Waals surface area (Å²) in [4.78, 5) is 23.3. The Labute approximate surface area is 106 Å². The van der Waals surface area contributed by atoms with Crippen LogP contribution < -0.4 is 10.6 Å². The molecule has 5 heteroatoms. The fraction of sp³-hybridized carbons (Fsp3) is 0.385. The summed E-state index contributed by atoms with van der Waals surface area (Å²) in [6, 6.07) is 7.43. The predicted octanol–water partition coefficient (Wildman–Crippen LogP) is 1.01. The number of hydrogen-bond donors (Lipinski definition) is 2. The fourth-order valence-electron chi connectivity index (χ4n) is 2.03. The zero-order chi connectivity index (χ0) is 13.2. The maximum absolute atomic E-state index is 12.0. The molecule has 1 aromatic rings. The van der Waals surface area contributed by atoms with Gasteiger partial charge >= 0.3 is 5.97 Å². The fourth-order valence-corrected chi connectivity index (χ4v) is 2.03. The van der Waals surface area contributed by atoms with Crippen molar-refractivity contribution in [3.8, 4) is 0 Å². The summed E-state index contributed by atoms with van der Waals surface area (Å²) < 4.78 is 4.84. The average Bonchev–Trinajstić information content (AvgIpc) is 2.61. The molecule has 1 atom stereocenters. The Morgan fingerprint density at radius 2 is 2.17 bits per heavy atom. The monoisotopic (exact) mass is 248 g/mol. The van der Waals surface area contributed by atoms with Gasteiger partial charge in [0.05, 0.1) is 13.2 Å². The molecule has 1 aliphatic rings. The van der Waals surface area contributed by atoms with Crippen LogP contribution in [0.4, 0.5) is 5.69 Å². The number of nitrogens with one attached hydrogen (secondary N) is 2. The second-order valence-corrected chi connectivity index (χ2v) is 4.28. The minimum Gasteiger partial charge on any atom is -0.465 e. The summed E-state index contributed by atoms with van der Waals surface area (Å²) >= 11 is 0. The lowest BCUT2D eigenvalue weighted by molar-refractivity contribution is -0.142. The van der Waals surface area contributed by atoms with Crippen LogP contribution in [0.15, 0.2) is 24.3 Å². The van der Waals surface area contributed by atoms with Crippen molar-refractivity contribution in [2.24, 2.45) is 0 Å². The van der Waals surface area contributed by atoms with E-state index in [9.17, 15) is 9.59 Å². The number of amides is 1. The highest BCUT2D eigenvalue weighted by molar-refractivity contribution is 6.05. The third-order valence-corrected chi connectivity index (χ3v) is 3.06. The summed E-state index contributed by atoms with van der Waals surface area (Å²) in [5, 5.41) is 5.75. The van der Waals surface area contributed by atoms with Crippen LogP contribution in [0.1, 0.15) is 19.4 Å². The molecule has 96 valence electrons. The first-order valence-electron chi connectivity index (χ1n) is 5.89. The van der Waals surface area contributed by atoms with Gasteiger partial charge in [-0.15, -0.1) is 0 Å². The number of benzene rings is 1. The topological polar surface area (TPSA) is 67.4 Å². The Bertz CT molecular complexity index is 487. The van der Waals surface area contributed by atoms with E-state index in [0.717, 1.165) is 11.3 Å². The van der Waals surface area contributed by atoms with Gasteiger partial charge in [0.25, 0.3) is 0 Å². The smallest absolute Gasteiger partial charge is 0.319 e. The van der Waals surface area contributed by atoms with E-state index < -0.39 is 5.54 Å². The summed E-state index contributed by atoms with van der Waals surface area (Å²) in [7, 11) is 0. The van der Waals surface area contributed by atoms with Gasteiger partial charge < -0.3 is 10.1 Å². The number of para-hydroxylation sites is 1. The number of fused-ring (bicyclic) bond motifs is 1. The highest BCUT2D eigenvalue weighted by Gasteiger charge is 2.42. The minimum atomic E-state index is -0.886. The van der Waals surface area contributed by atoms with Gasteiger partial charge in [-0.05, 0) is 19.9 Å². The Kier molecular flexibility index (Phi) is 3.34. The standard InChI is InChI=1S/C13H16N2O3/c1-3-18-11(16)8-14-13(2)9-6-4-5-7-10(9)15-12(13)17/h4-7,14H,3,8H2,1-2H3,(H,15,17). The molecule has 0 aromatic heterocycles. The summed E-state index contributed by atoms with van der Waals surface area (Å²) in [6.45, 7) is 3.84. The molecule has 0 saturated carbocycles. The van der Waals surface area contributed by atoms with Crippen molar-refractivity contribution in [3.05, 3.63) is 29.8 Å². The van der Waals surface area contributed by atoms with Crippen LogP contribution in [0, 0.1) is 0 Å². The zero-order valence-corrected chi connectivity index (χ0v) is 10.4. The van der Waals surface area contributed by atoms with Crippen molar-refractivity contribution < 1.29 is 14.3 Å². The molecule has 0 radical (unpaired) electrons. The van der Waals surface area contributed by atoms with Crippen molar-refractivity contribution >= 4 is 17.6 Å². The molecule has 5 nitrogen and oxygen atoms in total. The quantitative estimate of drug-likeness (QED) is 0.780. The lowest BCUT2D eigenvalue weighted by Gasteiger charge is -2.23. The van der Waals surface area contributed by atoms with E-state index in [4.69, 9.17) is 4.74 Å². The Morgan fingerprint density at radius 1 is 1.44 bits per heavy atom. The number of ether oxygens (including phenoxy) is 1. The van der Waals surface area contributed by atoms with Gasteiger partial charge in [0.2, 0.25) is 5.91 Å². The van der Waals surface area contributed by atoms with Gasteiger partial charge in [-0.25, -0.2) is 0 Å². The van der Waals surface area contributed by atoms with E-state index in [0.29, 0.717) is 6.61 Å². The molecule has 18 heavy (non-hydrogen) atoms. The van der Waals surface area contributed by atoms with Gasteiger partial charge in [-0.1, -0.05) is 18.2 Å². The van der Waals surface area contributed by atoms with Crippen molar-refractivity contribution in [2.75, 3.05) is 18.5 Å². The molecule has 0 aliphatic carbocycles. The van der Waals surface area contributed by atoms with Crippen molar-refractivity contribution in [3.63, 3.8) is 0 Å². The number of esters is 1. The highest BCUT2D eigenvalue weighted by atomic mass is 16.5. The van der Waals surface area contributed by atoms with Crippen molar-refractivity contribution in [1.82, 2.24) is 5.32 Å². The molecular weight excluding hydrogens is 232 g/mol.